The molecule has 3 heterocycles. The fourth-order valence-corrected chi connectivity index (χ4v) is 5.89. The molecule has 36 heavy (non-hydrogen) atoms. The van der Waals surface area contributed by atoms with Crippen molar-refractivity contribution in [1.82, 2.24) is 15.2 Å². The highest BCUT2D eigenvalue weighted by Crippen LogP contribution is 2.43. The Morgan fingerprint density at radius 2 is 2.14 bits per heavy atom. The van der Waals surface area contributed by atoms with Crippen LogP contribution in [0.5, 0.6) is 0 Å². The number of thiazole rings is 1. The second-order valence-corrected chi connectivity index (χ2v) is 11.4. The summed E-state index contributed by atoms with van der Waals surface area (Å²) in [5.74, 6) is -2.64. The van der Waals surface area contributed by atoms with E-state index in [2.05, 4.69) is 15.5 Å². The first-order chi connectivity index (χ1) is 17.0. The number of oxime groups is 1. The molecule has 16 heteroatoms. The first kappa shape index (κ1) is 27.3. The number of amides is 2. The molecular weight excluding hydrogens is 532 g/mol. The minimum Gasteiger partial charge on any atom is -0.427 e. The maximum absolute atomic E-state index is 13.0. The zero-order chi connectivity index (χ0) is 26.6. The standard InChI is InChI=1S/C20H22N6O7S3/c1-20(2,3)18(30)33-8-32-17(29)13-10(34-5-4-21)7-35-16-12(15(28)26(13)16)24-14(27)11(25-31)9-6-36-19(22)23-9/h6,12,16,31H,5,7-8H2,1-3H3,(H2,22,23)(H,24,27)/b25-11-/t12-,16+/m1/s1. The van der Waals surface area contributed by atoms with Crippen molar-refractivity contribution in [2.45, 2.75) is 32.2 Å². The lowest BCUT2D eigenvalue weighted by Gasteiger charge is -2.49. The number of β-lactam (4-membered cyclic amide) rings is 1. The molecule has 2 aliphatic rings. The third-order valence-electron chi connectivity index (χ3n) is 4.80. The van der Waals surface area contributed by atoms with Gasteiger partial charge in [-0.3, -0.25) is 19.3 Å². The molecule has 1 saturated heterocycles. The molecule has 1 aromatic rings. The Balaban J connectivity index is 1.73. The highest BCUT2D eigenvalue weighted by atomic mass is 32.2. The zero-order valence-electron chi connectivity index (χ0n) is 19.3. The Hall–Kier alpha value is -3.29. The number of rotatable bonds is 8. The van der Waals surface area contributed by atoms with E-state index in [0.29, 0.717) is 4.91 Å². The topological polar surface area (TPSA) is 197 Å². The summed E-state index contributed by atoms with van der Waals surface area (Å²) in [4.78, 5) is 56.0. The van der Waals surface area contributed by atoms with Gasteiger partial charge in [-0.2, -0.15) is 5.26 Å². The van der Waals surface area contributed by atoms with Gasteiger partial charge in [0.25, 0.3) is 11.8 Å². The summed E-state index contributed by atoms with van der Waals surface area (Å²) in [6.07, 6.45) is 0. The van der Waals surface area contributed by atoms with Gasteiger partial charge in [0.1, 0.15) is 22.8 Å². The largest absolute Gasteiger partial charge is 0.427 e. The SMILES string of the molecule is CC(C)(C)C(=O)OCOC(=O)C1=C(SCC#N)CS[C@H]2[C@H](NC(=O)/C(=N\O)c3csc(N)n3)C(=O)N12. The third-order valence-corrected chi connectivity index (χ3v) is 7.89. The normalized spacial score (nSPS) is 19.7. The van der Waals surface area contributed by atoms with Gasteiger partial charge in [0.05, 0.1) is 17.2 Å². The molecule has 1 fully saturated rings. The molecule has 13 nitrogen and oxygen atoms in total. The van der Waals surface area contributed by atoms with Crippen LogP contribution in [0, 0.1) is 16.7 Å². The number of nitriles is 1. The number of nitrogens with one attached hydrogen (secondary N) is 1. The maximum Gasteiger partial charge on any atom is 0.358 e. The summed E-state index contributed by atoms with van der Waals surface area (Å²) in [5, 5.41) is 24.6. The van der Waals surface area contributed by atoms with Crippen LogP contribution in [0.2, 0.25) is 0 Å². The van der Waals surface area contributed by atoms with Crippen molar-refractivity contribution >= 4 is 69.5 Å². The quantitative estimate of drug-likeness (QED) is 0.102. The van der Waals surface area contributed by atoms with Gasteiger partial charge >= 0.3 is 11.9 Å². The highest BCUT2D eigenvalue weighted by Gasteiger charge is 2.55. The second-order valence-electron chi connectivity index (χ2n) is 8.33. The summed E-state index contributed by atoms with van der Waals surface area (Å²) in [7, 11) is 0. The molecule has 3 rings (SSSR count). The Morgan fingerprint density at radius 3 is 2.72 bits per heavy atom. The number of aromatic nitrogens is 1. The van der Waals surface area contributed by atoms with E-state index in [0.717, 1.165) is 23.1 Å². The Labute approximate surface area is 218 Å². The lowest BCUT2D eigenvalue weighted by molar-refractivity contribution is -0.173. The fourth-order valence-electron chi connectivity index (χ4n) is 3.05. The first-order valence-electron chi connectivity index (χ1n) is 10.3. The minimum absolute atomic E-state index is 0.0334. The number of hydrogen-bond donors (Lipinski definition) is 3. The van der Waals surface area contributed by atoms with Crippen molar-refractivity contribution in [3.63, 3.8) is 0 Å². The van der Waals surface area contributed by atoms with Crippen molar-refractivity contribution in [2.75, 3.05) is 24.0 Å². The molecule has 0 aromatic carbocycles. The van der Waals surface area contributed by atoms with Crippen molar-refractivity contribution in [2.24, 2.45) is 10.6 Å². The Bertz CT molecular complexity index is 1180. The number of nitrogen functional groups attached to an aromatic ring is 1. The van der Waals surface area contributed by atoms with E-state index in [4.69, 9.17) is 20.5 Å². The van der Waals surface area contributed by atoms with Gasteiger partial charge in [-0.25, -0.2) is 9.78 Å². The molecule has 0 aliphatic carbocycles. The van der Waals surface area contributed by atoms with E-state index in [9.17, 15) is 24.4 Å². The van der Waals surface area contributed by atoms with Crippen LogP contribution in [0.25, 0.3) is 0 Å². The number of nitrogens with two attached hydrogens (primary N) is 1. The van der Waals surface area contributed by atoms with Crippen LogP contribution >= 0.6 is 34.9 Å². The molecule has 2 atom stereocenters. The number of ether oxygens (including phenoxy) is 2. The van der Waals surface area contributed by atoms with E-state index >= 15 is 0 Å². The lowest BCUT2D eigenvalue weighted by atomic mass is 9.98. The van der Waals surface area contributed by atoms with Crippen LogP contribution in [0.15, 0.2) is 21.1 Å². The van der Waals surface area contributed by atoms with Crippen molar-refractivity contribution < 1.29 is 33.9 Å². The molecule has 0 radical (unpaired) electrons. The van der Waals surface area contributed by atoms with Crippen molar-refractivity contribution in [3.8, 4) is 6.07 Å². The summed E-state index contributed by atoms with van der Waals surface area (Å²) in [5.41, 5.74) is 4.30. The van der Waals surface area contributed by atoms with Gasteiger partial charge in [0.15, 0.2) is 10.8 Å². The Morgan fingerprint density at radius 1 is 1.42 bits per heavy atom. The van der Waals surface area contributed by atoms with Crippen LogP contribution in [0.1, 0.15) is 26.5 Å². The highest BCUT2D eigenvalue weighted by molar-refractivity contribution is 8.06. The summed E-state index contributed by atoms with van der Waals surface area (Å²) >= 11 is 3.39. The molecule has 4 N–H and O–H groups in total. The number of carbonyl (C=O) groups is 4. The van der Waals surface area contributed by atoms with E-state index in [1.807, 2.05) is 6.07 Å². The summed E-state index contributed by atoms with van der Waals surface area (Å²) in [6, 6.07) is 0.934. The fraction of sp³-hybridized carbons (Fsp3) is 0.450. The van der Waals surface area contributed by atoms with Gasteiger partial charge in [-0.05, 0) is 20.8 Å². The Kier molecular flexibility index (Phi) is 8.48. The number of nitrogens with zero attached hydrogens (tertiary/aromatic N) is 4. The number of thioether (sulfide) groups is 2. The molecule has 2 amide bonds. The number of carbonyl (C=O) groups excluding carboxylic acids is 4. The van der Waals surface area contributed by atoms with Crippen LogP contribution in [0.4, 0.5) is 5.13 Å². The van der Waals surface area contributed by atoms with Gasteiger partial charge < -0.3 is 25.7 Å². The molecule has 192 valence electrons. The molecule has 0 saturated carbocycles. The van der Waals surface area contributed by atoms with Gasteiger partial charge in [0.2, 0.25) is 6.79 Å². The minimum atomic E-state index is -1.03. The third kappa shape index (κ3) is 5.74. The molecule has 0 unspecified atom stereocenters. The summed E-state index contributed by atoms with van der Waals surface area (Å²) < 4.78 is 10.1. The van der Waals surface area contributed by atoms with Crippen molar-refractivity contribution in [1.29, 1.82) is 5.26 Å². The van der Waals surface area contributed by atoms with Crippen molar-refractivity contribution in [3.05, 3.63) is 21.7 Å². The first-order valence-corrected chi connectivity index (χ1v) is 13.2. The number of fused-ring (bicyclic) bond motifs is 1. The van der Waals surface area contributed by atoms with Crippen LogP contribution in [-0.4, -0.2) is 74.3 Å². The lowest BCUT2D eigenvalue weighted by Crippen LogP contribution is -2.71. The smallest absolute Gasteiger partial charge is 0.358 e. The van der Waals surface area contributed by atoms with Gasteiger partial charge in [-0.1, -0.05) is 5.16 Å². The van der Waals surface area contributed by atoms with Crippen LogP contribution < -0.4 is 11.1 Å². The molecule has 2 aliphatic heterocycles. The van der Waals surface area contributed by atoms with Gasteiger partial charge in [0, 0.05) is 16.0 Å². The molecule has 1 aromatic heterocycles. The molecular formula is C20H22N6O7S3. The average Bonchev–Trinajstić information content (AvgIpc) is 3.25. The van der Waals surface area contributed by atoms with E-state index < -0.39 is 53.1 Å². The monoisotopic (exact) mass is 554 g/mol. The van der Waals surface area contributed by atoms with Crippen LogP contribution in [0.3, 0.4) is 0 Å². The number of esters is 2. The number of anilines is 1. The van der Waals surface area contributed by atoms with E-state index in [-0.39, 0.29) is 28.0 Å². The predicted molar refractivity (Wildman–Crippen MR) is 131 cm³/mol. The van der Waals surface area contributed by atoms with Gasteiger partial charge in [-0.15, -0.1) is 34.9 Å². The average molecular weight is 555 g/mol. The maximum atomic E-state index is 13.0. The zero-order valence-corrected chi connectivity index (χ0v) is 21.8. The second kappa shape index (κ2) is 11.2. The predicted octanol–water partition coefficient (Wildman–Crippen LogP) is 0.862. The van der Waals surface area contributed by atoms with E-state index in [1.54, 1.807) is 20.8 Å². The van der Waals surface area contributed by atoms with E-state index in [1.165, 1.54) is 22.0 Å². The number of hydrogen-bond acceptors (Lipinski definition) is 14. The summed E-state index contributed by atoms with van der Waals surface area (Å²) in [6.45, 7) is 4.27. The molecule has 0 bridgehead atoms. The van der Waals surface area contributed by atoms with Crippen LogP contribution in [-0.2, 0) is 28.7 Å². The molecule has 0 spiro atoms.